The van der Waals surface area contributed by atoms with E-state index in [1.165, 1.54) is 19.4 Å². The number of likely N-dealkylation sites (tertiary alicyclic amines) is 1. The molecule has 0 amide bonds. The summed E-state index contributed by atoms with van der Waals surface area (Å²) in [5, 5.41) is 3.35. The van der Waals surface area contributed by atoms with Gasteiger partial charge in [0.2, 0.25) is 0 Å². The average molecular weight is 212 g/mol. The number of nitrogens with one attached hydrogen (secondary N) is 1. The van der Waals surface area contributed by atoms with E-state index in [0.717, 1.165) is 19.6 Å². The fourth-order valence-corrected chi connectivity index (χ4v) is 2.47. The Hall–Kier alpha value is -0.120. The van der Waals surface area contributed by atoms with Gasteiger partial charge in [-0.1, -0.05) is 0 Å². The highest BCUT2D eigenvalue weighted by Gasteiger charge is 2.32. The molecule has 0 bridgehead atoms. The molecule has 1 N–H and O–H groups in total. The van der Waals surface area contributed by atoms with E-state index in [-0.39, 0.29) is 0 Å². The van der Waals surface area contributed by atoms with Crippen LogP contribution in [0, 0.1) is 0 Å². The Labute approximate surface area is 93.2 Å². The molecule has 2 aliphatic rings. The summed E-state index contributed by atoms with van der Waals surface area (Å²) in [5.74, 6) is 0. The normalized spacial score (nSPS) is 33.8. The summed E-state index contributed by atoms with van der Waals surface area (Å²) in [4.78, 5) is 2.53. The van der Waals surface area contributed by atoms with Crippen molar-refractivity contribution in [1.82, 2.24) is 10.2 Å². The van der Waals surface area contributed by atoms with Gasteiger partial charge in [0, 0.05) is 25.2 Å². The number of hydrogen-bond donors (Lipinski definition) is 1. The molecule has 0 radical (unpaired) electrons. The van der Waals surface area contributed by atoms with Gasteiger partial charge in [0.15, 0.2) is 0 Å². The molecule has 2 heterocycles. The van der Waals surface area contributed by atoms with Crippen LogP contribution in [0.1, 0.15) is 33.6 Å². The smallest absolute Gasteiger partial charge is 0.0718 e. The Morgan fingerprint density at radius 3 is 2.53 bits per heavy atom. The molecule has 15 heavy (non-hydrogen) atoms. The molecule has 0 aromatic heterocycles. The lowest BCUT2D eigenvalue weighted by Gasteiger charge is -2.31. The van der Waals surface area contributed by atoms with Crippen molar-refractivity contribution in [3.63, 3.8) is 0 Å². The molecule has 0 saturated carbocycles. The topological polar surface area (TPSA) is 24.5 Å². The van der Waals surface area contributed by atoms with Crippen molar-refractivity contribution in [2.45, 2.75) is 51.4 Å². The molecule has 0 aliphatic carbocycles. The highest BCUT2D eigenvalue weighted by Crippen LogP contribution is 2.23. The molecule has 2 fully saturated rings. The van der Waals surface area contributed by atoms with Gasteiger partial charge in [0.1, 0.15) is 0 Å². The summed E-state index contributed by atoms with van der Waals surface area (Å²) in [6.45, 7) is 11.3. The highest BCUT2D eigenvalue weighted by atomic mass is 16.5. The third-order valence-corrected chi connectivity index (χ3v) is 3.49. The summed E-state index contributed by atoms with van der Waals surface area (Å²) >= 11 is 0. The lowest BCUT2D eigenvalue weighted by Crippen LogP contribution is -2.40. The predicted molar refractivity (Wildman–Crippen MR) is 62.1 cm³/mol. The van der Waals surface area contributed by atoms with Crippen LogP contribution in [0.4, 0.5) is 0 Å². The molecule has 3 heteroatoms. The summed E-state index contributed by atoms with van der Waals surface area (Å²) in [7, 11) is 0. The second-order valence-electron chi connectivity index (χ2n) is 5.78. The van der Waals surface area contributed by atoms with E-state index in [0.29, 0.717) is 17.7 Å². The second kappa shape index (κ2) is 4.40. The summed E-state index contributed by atoms with van der Waals surface area (Å²) in [6.07, 6.45) is 3.32. The lowest BCUT2D eigenvalue weighted by atomic mass is 10.1. The molecule has 3 nitrogen and oxygen atoms in total. The molecule has 2 saturated heterocycles. The van der Waals surface area contributed by atoms with E-state index >= 15 is 0 Å². The third kappa shape index (κ3) is 2.92. The van der Waals surface area contributed by atoms with Gasteiger partial charge in [-0.15, -0.1) is 0 Å². The Bertz CT molecular complexity index is 206. The maximum Gasteiger partial charge on any atom is 0.0718 e. The minimum absolute atomic E-state index is 0.298. The number of ether oxygens (including phenoxy) is 1. The average Bonchev–Trinajstić information content (AvgIpc) is 2.73. The van der Waals surface area contributed by atoms with Crippen molar-refractivity contribution in [3.05, 3.63) is 0 Å². The summed E-state index contributed by atoms with van der Waals surface area (Å²) in [6, 6.07) is 0. The Morgan fingerprint density at radius 2 is 2.00 bits per heavy atom. The van der Waals surface area contributed by atoms with Gasteiger partial charge in [-0.05, 0) is 40.2 Å². The molecule has 0 aromatic rings. The molecular formula is C12H24N2O. The third-order valence-electron chi connectivity index (χ3n) is 3.49. The summed E-state index contributed by atoms with van der Waals surface area (Å²) in [5.41, 5.74) is 0.298. The maximum absolute atomic E-state index is 6.09. The van der Waals surface area contributed by atoms with Crippen LogP contribution >= 0.6 is 0 Å². The zero-order valence-electron chi connectivity index (χ0n) is 10.3. The van der Waals surface area contributed by atoms with Crippen LogP contribution in [0.25, 0.3) is 0 Å². The molecule has 2 rings (SSSR count). The fourth-order valence-electron chi connectivity index (χ4n) is 2.47. The van der Waals surface area contributed by atoms with E-state index < -0.39 is 0 Å². The van der Waals surface area contributed by atoms with Crippen molar-refractivity contribution in [2.75, 3.05) is 26.2 Å². The Balaban J connectivity index is 1.77. The van der Waals surface area contributed by atoms with Crippen LogP contribution in [0.3, 0.4) is 0 Å². The van der Waals surface area contributed by atoms with E-state index in [1.54, 1.807) is 0 Å². The van der Waals surface area contributed by atoms with Gasteiger partial charge in [0.05, 0.1) is 12.2 Å². The first kappa shape index (κ1) is 11.4. The monoisotopic (exact) mass is 212 g/mol. The zero-order valence-corrected chi connectivity index (χ0v) is 10.3. The van der Waals surface area contributed by atoms with Crippen LogP contribution in [0.15, 0.2) is 0 Å². The second-order valence-corrected chi connectivity index (χ2v) is 5.78. The van der Waals surface area contributed by atoms with Crippen molar-refractivity contribution in [1.29, 1.82) is 0 Å². The first-order valence-electron chi connectivity index (χ1n) is 6.17. The van der Waals surface area contributed by atoms with Gasteiger partial charge in [-0.2, -0.15) is 0 Å². The zero-order chi connectivity index (χ0) is 10.9. The van der Waals surface area contributed by atoms with Gasteiger partial charge in [0.25, 0.3) is 0 Å². The molecule has 88 valence electrons. The van der Waals surface area contributed by atoms with Crippen LogP contribution in [-0.4, -0.2) is 48.8 Å². The van der Waals surface area contributed by atoms with Crippen molar-refractivity contribution in [3.8, 4) is 0 Å². The minimum atomic E-state index is 0.298. The van der Waals surface area contributed by atoms with E-state index in [2.05, 4.69) is 31.0 Å². The minimum Gasteiger partial charge on any atom is -0.372 e. The van der Waals surface area contributed by atoms with Crippen LogP contribution in [0.2, 0.25) is 0 Å². The SMILES string of the molecule is CC(C)(C)N1CCC(OC2CCNC2)C1. The predicted octanol–water partition coefficient (Wildman–Crippen LogP) is 1.24. The number of rotatable bonds is 2. The first-order chi connectivity index (χ1) is 7.05. The van der Waals surface area contributed by atoms with Crippen molar-refractivity contribution < 1.29 is 4.74 Å². The quantitative estimate of drug-likeness (QED) is 0.745. The molecule has 0 aromatic carbocycles. The van der Waals surface area contributed by atoms with Crippen LogP contribution in [0.5, 0.6) is 0 Å². The molecule has 0 spiro atoms. The standard InChI is InChI=1S/C12H24N2O/c1-12(2,3)14-7-5-11(9-14)15-10-4-6-13-8-10/h10-11,13H,4-9H2,1-3H3. The van der Waals surface area contributed by atoms with Gasteiger partial charge >= 0.3 is 0 Å². The van der Waals surface area contributed by atoms with Crippen LogP contribution in [-0.2, 0) is 4.74 Å². The number of nitrogens with zero attached hydrogens (tertiary/aromatic N) is 1. The van der Waals surface area contributed by atoms with Gasteiger partial charge in [-0.3, -0.25) is 4.90 Å². The molecular weight excluding hydrogens is 188 g/mol. The lowest BCUT2D eigenvalue weighted by molar-refractivity contribution is -0.000257. The molecule has 2 aliphatic heterocycles. The fraction of sp³-hybridized carbons (Fsp3) is 1.00. The largest absolute Gasteiger partial charge is 0.372 e. The van der Waals surface area contributed by atoms with Gasteiger partial charge in [-0.25, -0.2) is 0 Å². The Kier molecular flexibility index (Phi) is 3.33. The van der Waals surface area contributed by atoms with Crippen LogP contribution < -0.4 is 5.32 Å². The molecule has 2 unspecified atom stereocenters. The number of hydrogen-bond acceptors (Lipinski definition) is 3. The van der Waals surface area contributed by atoms with E-state index in [9.17, 15) is 0 Å². The Morgan fingerprint density at radius 1 is 1.20 bits per heavy atom. The first-order valence-corrected chi connectivity index (χ1v) is 6.17. The highest BCUT2D eigenvalue weighted by molar-refractivity contribution is 4.86. The van der Waals surface area contributed by atoms with Crippen molar-refractivity contribution >= 4 is 0 Å². The van der Waals surface area contributed by atoms with E-state index in [4.69, 9.17) is 4.74 Å². The maximum atomic E-state index is 6.09. The van der Waals surface area contributed by atoms with E-state index in [1.807, 2.05) is 0 Å². The van der Waals surface area contributed by atoms with Gasteiger partial charge < -0.3 is 10.1 Å². The van der Waals surface area contributed by atoms with Crippen molar-refractivity contribution in [2.24, 2.45) is 0 Å². The molecule has 2 atom stereocenters. The summed E-state index contributed by atoms with van der Waals surface area (Å²) < 4.78 is 6.09.